The number of hydrogen-bond donors (Lipinski definition) is 1. The minimum atomic E-state index is 0.309. The third kappa shape index (κ3) is 2.54. The summed E-state index contributed by atoms with van der Waals surface area (Å²) in [6.45, 7) is 6.60. The predicted molar refractivity (Wildman–Crippen MR) is 67.0 cm³/mol. The molecule has 0 saturated heterocycles. The van der Waals surface area contributed by atoms with Crippen LogP contribution in [-0.2, 0) is 0 Å². The molecule has 0 aromatic rings. The van der Waals surface area contributed by atoms with Gasteiger partial charge in [-0.3, -0.25) is 4.90 Å². The fourth-order valence-corrected chi connectivity index (χ4v) is 3.36. The summed E-state index contributed by atoms with van der Waals surface area (Å²) in [7, 11) is 2.27. The van der Waals surface area contributed by atoms with Crippen LogP contribution >= 0.6 is 0 Å². The van der Waals surface area contributed by atoms with Gasteiger partial charge in [0.25, 0.3) is 0 Å². The van der Waals surface area contributed by atoms with Gasteiger partial charge in [0.05, 0.1) is 0 Å². The first-order valence-electron chi connectivity index (χ1n) is 6.62. The first kappa shape index (κ1) is 13.0. The molecule has 2 heteroatoms. The molecule has 0 bridgehead atoms. The zero-order valence-corrected chi connectivity index (χ0v) is 10.8. The monoisotopic (exact) mass is 212 g/mol. The molecule has 2 nitrogen and oxygen atoms in total. The van der Waals surface area contributed by atoms with Gasteiger partial charge in [-0.15, -0.1) is 0 Å². The number of nitrogens with zero attached hydrogens (tertiary/aromatic N) is 1. The highest BCUT2D eigenvalue weighted by atomic mass is 15.2. The minimum Gasteiger partial charge on any atom is -0.329 e. The molecule has 0 heterocycles. The molecule has 90 valence electrons. The van der Waals surface area contributed by atoms with Crippen molar-refractivity contribution >= 4 is 0 Å². The Hall–Kier alpha value is -0.0800. The zero-order chi connectivity index (χ0) is 11.3. The molecule has 2 N–H and O–H groups in total. The molecule has 0 spiro atoms. The second-order valence-electron chi connectivity index (χ2n) is 5.08. The largest absolute Gasteiger partial charge is 0.329 e. The number of rotatable bonds is 5. The van der Waals surface area contributed by atoms with E-state index >= 15 is 0 Å². The van der Waals surface area contributed by atoms with E-state index in [1.165, 1.54) is 45.1 Å². The van der Waals surface area contributed by atoms with Crippen LogP contribution in [-0.4, -0.2) is 30.6 Å². The van der Waals surface area contributed by atoms with Crippen LogP contribution < -0.4 is 5.73 Å². The molecule has 0 aromatic heterocycles. The Morgan fingerprint density at radius 2 is 2.07 bits per heavy atom. The van der Waals surface area contributed by atoms with Crippen molar-refractivity contribution in [2.45, 2.75) is 57.9 Å². The molecule has 1 saturated carbocycles. The minimum absolute atomic E-state index is 0.309. The second-order valence-corrected chi connectivity index (χ2v) is 5.08. The summed E-state index contributed by atoms with van der Waals surface area (Å²) in [4.78, 5) is 2.54. The lowest BCUT2D eigenvalue weighted by molar-refractivity contribution is 0.0235. The Morgan fingerprint density at radius 1 is 1.33 bits per heavy atom. The summed E-state index contributed by atoms with van der Waals surface area (Å²) < 4.78 is 0. The SMILES string of the molecule is CCCN(C)C1(CN)CCCCC1CC. The number of nitrogens with two attached hydrogens (primary N) is 1. The van der Waals surface area contributed by atoms with Gasteiger partial charge in [-0.05, 0) is 38.8 Å². The van der Waals surface area contributed by atoms with Crippen molar-refractivity contribution in [2.24, 2.45) is 11.7 Å². The lowest BCUT2D eigenvalue weighted by atomic mass is 9.70. The molecule has 1 rings (SSSR count). The van der Waals surface area contributed by atoms with E-state index in [1.54, 1.807) is 0 Å². The number of hydrogen-bond acceptors (Lipinski definition) is 2. The van der Waals surface area contributed by atoms with Crippen LogP contribution in [0.1, 0.15) is 52.4 Å². The quantitative estimate of drug-likeness (QED) is 0.759. The van der Waals surface area contributed by atoms with Gasteiger partial charge in [0.2, 0.25) is 0 Å². The van der Waals surface area contributed by atoms with Crippen LogP contribution in [0.4, 0.5) is 0 Å². The Labute approximate surface area is 95.2 Å². The van der Waals surface area contributed by atoms with Gasteiger partial charge < -0.3 is 5.73 Å². The van der Waals surface area contributed by atoms with Crippen LogP contribution in [0.25, 0.3) is 0 Å². The van der Waals surface area contributed by atoms with Gasteiger partial charge in [0.1, 0.15) is 0 Å². The Kier molecular flexibility index (Phi) is 5.07. The van der Waals surface area contributed by atoms with Crippen molar-refractivity contribution < 1.29 is 0 Å². The average Bonchev–Trinajstić information content (AvgIpc) is 2.29. The summed E-state index contributed by atoms with van der Waals surface area (Å²) in [5.41, 5.74) is 6.40. The molecular formula is C13H28N2. The zero-order valence-electron chi connectivity index (χ0n) is 10.8. The molecule has 0 aliphatic heterocycles. The van der Waals surface area contributed by atoms with E-state index in [4.69, 9.17) is 5.73 Å². The maximum absolute atomic E-state index is 6.09. The average molecular weight is 212 g/mol. The van der Waals surface area contributed by atoms with E-state index in [0.717, 1.165) is 12.5 Å². The summed E-state index contributed by atoms with van der Waals surface area (Å²) in [5.74, 6) is 0.813. The summed E-state index contributed by atoms with van der Waals surface area (Å²) >= 11 is 0. The van der Waals surface area contributed by atoms with Crippen molar-refractivity contribution in [1.82, 2.24) is 4.90 Å². The highest BCUT2D eigenvalue weighted by molar-refractivity contribution is 4.98. The van der Waals surface area contributed by atoms with E-state index in [1.807, 2.05) is 0 Å². The van der Waals surface area contributed by atoms with Gasteiger partial charge in [0, 0.05) is 12.1 Å². The molecule has 1 aliphatic rings. The lowest BCUT2D eigenvalue weighted by Crippen LogP contribution is -2.58. The van der Waals surface area contributed by atoms with E-state index in [0.29, 0.717) is 5.54 Å². The smallest absolute Gasteiger partial charge is 0.0356 e. The van der Waals surface area contributed by atoms with E-state index < -0.39 is 0 Å². The maximum atomic E-state index is 6.09. The third-order valence-corrected chi connectivity index (χ3v) is 4.34. The van der Waals surface area contributed by atoms with Crippen LogP contribution in [0.15, 0.2) is 0 Å². The van der Waals surface area contributed by atoms with Crippen molar-refractivity contribution in [1.29, 1.82) is 0 Å². The molecule has 15 heavy (non-hydrogen) atoms. The molecule has 0 radical (unpaired) electrons. The van der Waals surface area contributed by atoms with E-state index in [2.05, 4.69) is 25.8 Å². The standard InChI is InChI=1S/C13H28N2/c1-4-10-15(3)13(11-14)9-7-6-8-12(13)5-2/h12H,4-11,14H2,1-3H3. The summed E-state index contributed by atoms with van der Waals surface area (Å²) in [6.07, 6.45) is 7.96. The highest BCUT2D eigenvalue weighted by Crippen LogP contribution is 2.39. The van der Waals surface area contributed by atoms with Crippen LogP contribution in [0.3, 0.4) is 0 Å². The fraction of sp³-hybridized carbons (Fsp3) is 1.00. The predicted octanol–water partition coefficient (Wildman–Crippen LogP) is 2.63. The van der Waals surface area contributed by atoms with Gasteiger partial charge in [-0.25, -0.2) is 0 Å². The molecular weight excluding hydrogens is 184 g/mol. The summed E-state index contributed by atoms with van der Waals surface area (Å²) in [5, 5.41) is 0. The van der Waals surface area contributed by atoms with Crippen LogP contribution in [0, 0.1) is 5.92 Å². The van der Waals surface area contributed by atoms with Gasteiger partial charge in [-0.1, -0.05) is 33.1 Å². The van der Waals surface area contributed by atoms with Gasteiger partial charge in [-0.2, -0.15) is 0 Å². The van der Waals surface area contributed by atoms with Crippen molar-refractivity contribution in [3.8, 4) is 0 Å². The molecule has 2 unspecified atom stereocenters. The Balaban J connectivity index is 2.77. The summed E-state index contributed by atoms with van der Waals surface area (Å²) in [6, 6.07) is 0. The van der Waals surface area contributed by atoms with Gasteiger partial charge >= 0.3 is 0 Å². The second kappa shape index (κ2) is 5.86. The van der Waals surface area contributed by atoms with E-state index in [-0.39, 0.29) is 0 Å². The Bertz CT molecular complexity index is 181. The first-order chi connectivity index (χ1) is 7.21. The molecule has 1 aliphatic carbocycles. The van der Waals surface area contributed by atoms with Crippen LogP contribution in [0.5, 0.6) is 0 Å². The Morgan fingerprint density at radius 3 is 2.60 bits per heavy atom. The highest BCUT2D eigenvalue weighted by Gasteiger charge is 2.41. The topological polar surface area (TPSA) is 29.3 Å². The van der Waals surface area contributed by atoms with Crippen molar-refractivity contribution in [2.75, 3.05) is 20.1 Å². The van der Waals surface area contributed by atoms with Crippen molar-refractivity contribution in [3.05, 3.63) is 0 Å². The normalized spacial score (nSPS) is 32.2. The lowest BCUT2D eigenvalue weighted by Gasteiger charge is -2.49. The van der Waals surface area contributed by atoms with Crippen molar-refractivity contribution in [3.63, 3.8) is 0 Å². The molecule has 1 fully saturated rings. The molecule has 0 aromatic carbocycles. The molecule has 2 atom stereocenters. The first-order valence-corrected chi connectivity index (χ1v) is 6.62. The third-order valence-electron chi connectivity index (χ3n) is 4.34. The molecule has 0 amide bonds. The fourth-order valence-electron chi connectivity index (χ4n) is 3.36. The van der Waals surface area contributed by atoms with Crippen LogP contribution in [0.2, 0.25) is 0 Å². The number of likely N-dealkylation sites (N-methyl/N-ethyl adjacent to an activating group) is 1. The van der Waals surface area contributed by atoms with E-state index in [9.17, 15) is 0 Å². The van der Waals surface area contributed by atoms with Gasteiger partial charge in [0.15, 0.2) is 0 Å². The maximum Gasteiger partial charge on any atom is 0.0356 e.